The van der Waals surface area contributed by atoms with Gasteiger partial charge in [0.15, 0.2) is 6.34 Å². The van der Waals surface area contributed by atoms with Crippen LogP contribution in [0.2, 0.25) is 0 Å². The molecule has 2 heterocycles. The molecule has 1 aliphatic carbocycles. The Bertz CT molecular complexity index is 897. The number of morpholine rings is 1. The van der Waals surface area contributed by atoms with Crippen LogP contribution < -0.4 is 4.48 Å². The summed E-state index contributed by atoms with van der Waals surface area (Å²) in [6.45, 7) is 3.42. The zero-order valence-electron chi connectivity index (χ0n) is 17.1. The highest BCUT2D eigenvalue weighted by atomic mass is 16.5. The fourth-order valence-corrected chi connectivity index (χ4v) is 5.38. The molecule has 2 fully saturated rings. The lowest BCUT2D eigenvalue weighted by Crippen LogP contribution is -2.68. The van der Waals surface area contributed by atoms with E-state index in [1.807, 2.05) is 0 Å². The molecule has 5 rings (SSSR count). The van der Waals surface area contributed by atoms with Crippen molar-refractivity contribution in [3.05, 3.63) is 42.5 Å². The van der Waals surface area contributed by atoms with Crippen molar-refractivity contribution in [2.75, 3.05) is 26.3 Å². The molecule has 2 atom stereocenters. The molecule has 5 nitrogen and oxygen atoms in total. The molecule has 0 spiro atoms. The van der Waals surface area contributed by atoms with E-state index < -0.39 is 0 Å². The number of ether oxygens (including phenoxy) is 1. The van der Waals surface area contributed by atoms with Gasteiger partial charge in [-0.1, -0.05) is 37.1 Å². The van der Waals surface area contributed by atoms with E-state index in [0.29, 0.717) is 6.04 Å². The van der Waals surface area contributed by atoms with Gasteiger partial charge >= 0.3 is 0 Å². The van der Waals surface area contributed by atoms with Crippen LogP contribution in [0.3, 0.4) is 0 Å². The number of quaternary nitrogens is 1. The summed E-state index contributed by atoms with van der Waals surface area (Å²) in [4.78, 5) is 12.1. The second kappa shape index (κ2) is 8.34. The van der Waals surface area contributed by atoms with Crippen molar-refractivity contribution < 1.29 is 4.74 Å². The Balaban J connectivity index is 1.64. The Morgan fingerprint density at radius 1 is 0.897 bits per heavy atom. The molecule has 1 saturated carbocycles. The summed E-state index contributed by atoms with van der Waals surface area (Å²) < 4.78 is 6.38. The standard InChI is InChI=1S/C24H31N4O/c1-2-4-10-22(9-3-1)28(23-12-11-20-7-5-6-8-21(20)17-23)19-25-18-26-24(28)27-13-15-29-16-14-27/h5-8,11-12,17-19,22,24H,1-4,9-10,13-16H2/q+1. The predicted molar refractivity (Wildman–Crippen MR) is 120 cm³/mol. The number of nitrogens with zero attached hydrogens (tertiary/aromatic N) is 4. The minimum atomic E-state index is 0.0423. The molecule has 5 heteroatoms. The summed E-state index contributed by atoms with van der Waals surface area (Å²) in [7, 11) is 0. The number of benzene rings is 2. The fourth-order valence-electron chi connectivity index (χ4n) is 5.38. The zero-order valence-corrected chi connectivity index (χ0v) is 17.1. The van der Waals surface area contributed by atoms with E-state index in [9.17, 15) is 0 Å². The molecule has 0 bridgehead atoms. The molecule has 0 aromatic heterocycles. The largest absolute Gasteiger partial charge is 0.379 e. The van der Waals surface area contributed by atoms with Crippen LogP contribution in [0.25, 0.3) is 10.8 Å². The molecule has 3 aliphatic rings. The van der Waals surface area contributed by atoms with E-state index in [4.69, 9.17) is 9.73 Å². The summed E-state index contributed by atoms with van der Waals surface area (Å²) in [5, 5.41) is 2.58. The van der Waals surface area contributed by atoms with Crippen molar-refractivity contribution in [2.24, 2.45) is 9.98 Å². The van der Waals surface area contributed by atoms with Crippen molar-refractivity contribution in [1.82, 2.24) is 9.38 Å². The summed E-state index contributed by atoms with van der Waals surface area (Å²) in [5.41, 5.74) is 1.31. The first-order valence-corrected chi connectivity index (χ1v) is 11.1. The van der Waals surface area contributed by atoms with Crippen LogP contribution in [0.4, 0.5) is 5.69 Å². The third-order valence-electron chi connectivity index (χ3n) is 6.89. The van der Waals surface area contributed by atoms with Gasteiger partial charge in [0, 0.05) is 38.1 Å². The monoisotopic (exact) mass is 391 g/mol. The van der Waals surface area contributed by atoms with E-state index in [1.54, 1.807) is 6.34 Å². The Morgan fingerprint density at radius 2 is 1.66 bits per heavy atom. The highest BCUT2D eigenvalue weighted by Crippen LogP contribution is 2.39. The van der Waals surface area contributed by atoms with Gasteiger partial charge in [-0.25, -0.2) is 9.38 Å². The summed E-state index contributed by atoms with van der Waals surface area (Å²) >= 11 is 0. The van der Waals surface area contributed by atoms with Gasteiger partial charge in [-0.15, -0.1) is 0 Å². The maximum Gasteiger partial charge on any atom is 0.255 e. The van der Waals surface area contributed by atoms with Gasteiger partial charge in [0.2, 0.25) is 0 Å². The first-order valence-electron chi connectivity index (χ1n) is 11.1. The summed E-state index contributed by atoms with van der Waals surface area (Å²) in [6.07, 6.45) is 11.7. The summed E-state index contributed by atoms with van der Waals surface area (Å²) in [5.74, 6) is 0. The fraction of sp³-hybridized carbons (Fsp3) is 0.500. The lowest BCUT2D eigenvalue weighted by atomic mass is 10.0. The van der Waals surface area contributed by atoms with Crippen LogP contribution in [-0.4, -0.2) is 56.2 Å². The van der Waals surface area contributed by atoms with Crippen LogP contribution in [0.5, 0.6) is 0 Å². The van der Waals surface area contributed by atoms with Crippen LogP contribution in [-0.2, 0) is 4.74 Å². The predicted octanol–water partition coefficient (Wildman–Crippen LogP) is 4.56. The van der Waals surface area contributed by atoms with Crippen molar-refractivity contribution >= 4 is 29.1 Å². The molecule has 2 aliphatic heterocycles. The molecule has 0 N–H and O–H groups in total. The molecule has 0 amide bonds. The van der Waals surface area contributed by atoms with Crippen molar-refractivity contribution in [2.45, 2.75) is 50.9 Å². The number of aliphatic imine (C=N–C) groups is 2. The smallest absolute Gasteiger partial charge is 0.255 e. The van der Waals surface area contributed by atoms with Crippen LogP contribution in [0.15, 0.2) is 52.4 Å². The van der Waals surface area contributed by atoms with Gasteiger partial charge in [0.1, 0.15) is 18.1 Å². The van der Waals surface area contributed by atoms with E-state index in [1.165, 1.54) is 55.0 Å². The Labute approximate surface area is 173 Å². The highest BCUT2D eigenvalue weighted by molar-refractivity contribution is 5.90. The lowest BCUT2D eigenvalue weighted by molar-refractivity contribution is -0.0186. The van der Waals surface area contributed by atoms with E-state index >= 15 is 0 Å². The first-order chi connectivity index (χ1) is 14.4. The van der Waals surface area contributed by atoms with Gasteiger partial charge < -0.3 is 4.74 Å². The Hall–Kier alpha value is -2.08. The van der Waals surface area contributed by atoms with Crippen molar-refractivity contribution in [3.63, 3.8) is 0 Å². The SMILES string of the molecule is C1=NC=NC(N2CCOCC2)[N+]1(c1ccc2ccccc2c1)C1CCCCCC1. The second-order valence-electron chi connectivity index (χ2n) is 8.54. The quantitative estimate of drug-likeness (QED) is 0.568. The molecule has 2 aromatic carbocycles. The molecule has 2 aromatic rings. The second-order valence-corrected chi connectivity index (χ2v) is 8.54. The van der Waals surface area contributed by atoms with Crippen LogP contribution in [0.1, 0.15) is 38.5 Å². The molecule has 29 heavy (non-hydrogen) atoms. The molecule has 0 radical (unpaired) electrons. The van der Waals surface area contributed by atoms with E-state index in [-0.39, 0.29) is 6.29 Å². The topological polar surface area (TPSA) is 37.2 Å². The van der Waals surface area contributed by atoms with Crippen LogP contribution in [0, 0.1) is 0 Å². The number of fused-ring (bicyclic) bond motifs is 1. The third kappa shape index (κ3) is 3.52. The van der Waals surface area contributed by atoms with E-state index in [0.717, 1.165) is 30.8 Å². The van der Waals surface area contributed by atoms with Crippen molar-refractivity contribution in [1.29, 1.82) is 0 Å². The molecular weight excluding hydrogens is 360 g/mol. The molecule has 152 valence electrons. The van der Waals surface area contributed by atoms with Crippen molar-refractivity contribution in [3.8, 4) is 0 Å². The Kier molecular flexibility index (Phi) is 5.44. The third-order valence-corrected chi connectivity index (χ3v) is 6.89. The van der Waals surface area contributed by atoms with E-state index in [2.05, 4.69) is 58.7 Å². The number of hydrogen-bond acceptors (Lipinski definition) is 4. The number of hydrogen-bond donors (Lipinski definition) is 0. The molecular formula is C24H31N4O+. The maximum atomic E-state index is 5.65. The maximum absolute atomic E-state index is 5.65. The van der Waals surface area contributed by atoms with Gasteiger partial charge in [-0.3, -0.25) is 0 Å². The highest BCUT2D eigenvalue weighted by Gasteiger charge is 2.49. The average Bonchev–Trinajstić information content (AvgIpc) is 3.09. The van der Waals surface area contributed by atoms with Gasteiger partial charge in [0.05, 0.1) is 13.2 Å². The van der Waals surface area contributed by atoms with Gasteiger partial charge in [-0.05, 0) is 29.7 Å². The lowest BCUT2D eigenvalue weighted by Gasteiger charge is -2.48. The van der Waals surface area contributed by atoms with Gasteiger partial charge in [0.25, 0.3) is 6.29 Å². The number of rotatable bonds is 3. The Morgan fingerprint density at radius 3 is 2.45 bits per heavy atom. The molecule has 1 saturated heterocycles. The minimum Gasteiger partial charge on any atom is -0.379 e. The van der Waals surface area contributed by atoms with Crippen LogP contribution >= 0.6 is 0 Å². The normalized spacial score (nSPS) is 29.2. The molecule has 2 unspecified atom stereocenters. The summed E-state index contributed by atoms with van der Waals surface area (Å²) in [6, 6.07) is 16.1. The average molecular weight is 392 g/mol. The minimum absolute atomic E-state index is 0.0423. The first kappa shape index (κ1) is 18.9. The zero-order chi connectivity index (χ0) is 19.5. The van der Waals surface area contributed by atoms with Gasteiger partial charge in [-0.2, -0.15) is 9.98 Å².